The van der Waals surface area contributed by atoms with Crippen molar-refractivity contribution in [3.05, 3.63) is 25.0 Å². The normalized spacial score (nSPS) is 10.2. The molecular formula is C8H7N5O2S. The van der Waals surface area contributed by atoms with Gasteiger partial charge >= 0.3 is 5.97 Å². The minimum Gasteiger partial charge on any atom is -0.481 e. The number of carbonyl (C=O) groups is 1. The molecule has 82 valence electrons. The van der Waals surface area contributed by atoms with Gasteiger partial charge in [-0.1, -0.05) is 11.8 Å². The van der Waals surface area contributed by atoms with Gasteiger partial charge in [-0.15, -0.1) is 10.2 Å². The number of aromatic nitrogens is 5. The maximum absolute atomic E-state index is 10.4. The summed E-state index contributed by atoms with van der Waals surface area (Å²) in [7, 11) is 0. The van der Waals surface area contributed by atoms with E-state index in [9.17, 15) is 4.79 Å². The second-order valence-corrected chi connectivity index (χ2v) is 3.71. The minimum atomic E-state index is -0.899. The zero-order chi connectivity index (χ0) is 11.4. The van der Waals surface area contributed by atoms with Crippen LogP contribution in [0.25, 0.3) is 5.69 Å². The molecule has 0 aliphatic carbocycles. The summed E-state index contributed by atoms with van der Waals surface area (Å²) in [6.45, 7) is 0. The minimum absolute atomic E-state index is 0.0631. The number of carboxylic acid groups (broad SMARTS) is 1. The third-order valence-electron chi connectivity index (χ3n) is 1.67. The molecular weight excluding hydrogens is 230 g/mol. The Balaban J connectivity index is 2.23. The lowest BCUT2D eigenvalue weighted by Crippen LogP contribution is -2.01. The van der Waals surface area contributed by atoms with Gasteiger partial charge in [-0.05, 0) is 0 Å². The molecule has 0 bridgehead atoms. The smallest absolute Gasteiger partial charge is 0.313 e. The fourth-order valence-electron chi connectivity index (χ4n) is 1.04. The molecule has 2 aromatic heterocycles. The van der Waals surface area contributed by atoms with Crippen LogP contribution in [0.15, 0.2) is 30.2 Å². The predicted molar refractivity (Wildman–Crippen MR) is 55.3 cm³/mol. The number of aliphatic carboxylic acids is 1. The van der Waals surface area contributed by atoms with Crippen LogP contribution in [0.2, 0.25) is 0 Å². The highest BCUT2D eigenvalue weighted by Crippen LogP contribution is 2.17. The van der Waals surface area contributed by atoms with Crippen LogP contribution in [-0.4, -0.2) is 41.6 Å². The third kappa shape index (κ3) is 2.34. The average Bonchev–Trinajstić information content (AvgIpc) is 2.75. The Hall–Kier alpha value is -1.96. The molecule has 8 heteroatoms. The Bertz CT molecular complexity index is 486. The zero-order valence-electron chi connectivity index (χ0n) is 8.02. The van der Waals surface area contributed by atoms with Crippen molar-refractivity contribution in [2.45, 2.75) is 5.16 Å². The van der Waals surface area contributed by atoms with Gasteiger partial charge < -0.3 is 5.11 Å². The summed E-state index contributed by atoms with van der Waals surface area (Å²) in [5, 5.41) is 16.6. The van der Waals surface area contributed by atoms with Crippen molar-refractivity contribution in [1.82, 2.24) is 24.7 Å². The second kappa shape index (κ2) is 4.71. The molecule has 0 aromatic carbocycles. The topological polar surface area (TPSA) is 93.8 Å². The van der Waals surface area contributed by atoms with Crippen molar-refractivity contribution in [1.29, 1.82) is 0 Å². The number of rotatable bonds is 4. The summed E-state index contributed by atoms with van der Waals surface area (Å²) in [5.41, 5.74) is 0.695. The van der Waals surface area contributed by atoms with Gasteiger partial charge in [0.2, 0.25) is 0 Å². The van der Waals surface area contributed by atoms with Crippen molar-refractivity contribution in [2.75, 3.05) is 5.75 Å². The Morgan fingerprint density at radius 1 is 1.44 bits per heavy atom. The van der Waals surface area contributed by atoms with Gasteiger partial charge in [0.15, 0.2) is 5.16 Å². The summed E-state index contributed by atoms with van der Waals surface area (Å²) in [5.74, 6) is -0.962. The predicted octanol–water partition coefficient (Wildman–Crippen LogP) is 0.234. The Kier molecular flexibility index (Phi) is 3.10. The summed E-state index contributed by atoms with van der Waals surface area (Å²) in [4.78, 5) is 18.2. The van der Waals surface area contributed by atoms with Crippen LogP contribution >= 0.6 is 11.8 Å². The number of thioether (sulfide) groups is 1. The van der Waals surface area contributed by atoms with E-state index in [0.29, 0.717) is 10.8 Å². The van der Waals surface area contributed by atoms with E-state index >= 15 is 0 Å². The summed E-state index contributed by atoms with van der Waals surface area (Å²) < 4.78 is 1.63. The van der Waals surface area contributed by atoms with Gasteiger partial charge in [0, 0.05) is 0 Å². The van der Waals surface area contributed by atoms with E-state index in [-0.39, 0.29) is 5.75 Å². The molecule has 0 spiro atoms. The van der Waals surface area contributed by atoms with Crippen molar-refractivity contribution in [2.24, 2.45) is 0 Å². The van der Waals surface area contributed by atoms with Crippen LogP contribution in [0.4, 0.5) is 0 Å². The first kappa shape index (κ1) is 10.6. The van der Waals surface area contributed by atoms with Crippen LogP contribution in [0.3, 0.4) is 0 Å². The van der Waals surface area contributed by atoms with Gasteiger partial charge in [-0.25, -0.2) is 9.97 Å². The fraction of sp³-hybridized carbons (Fsp3) is 0.125. The molecule has 2 aromatic rings. The van der Waals surface area contributed by atoms with Gasteiger partial charge in [0.25, 0.3) is 0 Å². The molecule has 0 atom stereocenters. The van der Waals surface area contributed by atoms with Crippen molar-refractivity contribution < 1.29 is 9.90 Å². The van der Waals surface area contributed by atoms with Crippen LogP contribution in [0.1, 0.15) is 0 Å². The molecule has 0 aliphatic heterocycles. The molecule has 0 amide bonds. The van der Waals surface area contributed by atoms with E-state index in [1.165, 1.54) is 12.7 Å². The van der Waals surface area contributed by atoms with Crippen molar-refractivity contribution in [3.63, 3.8) is 0 Å². The van der Waals surface area contributed by atoms with Crippen LogP contribution in [0, 0.1) is 0 Å². The summed E-state index contributed by atoms with van der Waals surface area (Å²) >= 11 is 1.09. The Morgan fingerprint density at radius 3 is 2.88 bits per heavy atom. The first-order chi connectivity index (χ1) is 7.77. The van der Waals surface area contributed by atoms with Crippen molar-refractivity contribution >= 4 is 17.7 Å². The van der Waals surface area contributed by atoms with Crippen LogP contribution in [-0.2, 0) is 4.79 Å². The molecule has 1 N–H and O–H groups in total. The van der Waals surface area contributed by atoms with Gasteiger partial charge in [-0.2, -0.15) is 0 Å². The Morgan fingerprint density at radius 2 is 2.19 bits per heavy atom. The standard InChI is InChI=1S/C8H7N5O2S/c14-7(15)3-16-8-12-11-5-13(8)6-1-9-4-10-2-6/h1-2,4-5H,3H2,(H,14,15). The third-order valence-corrected chi connectivity index (χ3v) is 2.59. The molecule has 2 rings (SSSR count). The highest BCUT2D eigenvalue weighted by Gasteiger charge is 2.09. The lowest BCUT2D eigenvalue weighted by molar-refractivity contribution is -0.133. The largest absolute Gasteiger partial charge is 0.481 e. The zero-order valence-corrected chi connectivity index (χ0v) is 8.83. The maximum atomic E-state index is 10.4. The lowest BCUT2D eigenvalue weighted by Gasteiger charge is -2.02. The number of hydrogen-bond donors (Lipinski definition) is 1. The number of carboxylic acids is 1. The van der Waals surface area contributed by atoms with Gasteiger partial charge in [0.05, 0.1) is 23.8 Å². The molecule has 0 saturated carbocycles. The first-order valence-electron chi connectivity index (χ1n) is 4.27. The maximum Gasteiger partial charge on any atom is 0.313 e. The SMILES string of the molecule is O=C(O)CSc1nncn1-c1cncnc1. The highest BCUT2D eigenvalue weighted by atomic mass is 32.2. The molecule has 0 saturated heterocycles. The quantitative estimate of drug-likeness (QED) is 0.761. The fourth-order valence-corrected chi connectivity index (χ4v) is 1.69. The van der Waals surface area contributed by atoms with Crippen LogP contribution < -0.4 is 0 Å². The number of nitrogens with zero attached hydrogens (tertiary/aromatic N) is 5. The first-order valence-corrected chi connectivity index (χ1v) is 5.26. The van der Waals surface area contributed by atoms with E-state index in [4.69, 9.17) is 5.11 Å². The number of hydrogen-bond acceptors (Lipinski definition) is 6. The van der Waals surface area contributed by atoms with Gasteiger partial charge in [-0.3, -0.25) is 9.36 Å². The molecule has 0 fully saturated rings. The van der Waals surface area contributed by atoms with E-state index in [1.807, 2.05) is 0 Å². The monoisotopic (exact) mass is 237 g/mol. The van der Waals surface area contributed by atoms with E-state index in [2.05, 4.69) is 20.2 Å². The summed E-state index contributed by atoms with van der Waals surface area (Å²) in [6.07, 6.45) is 6.10. The van der Waals surface area contributed by atoms with E-state index in [0.717, 1.165) is 11.8 Å². The molecule has 16 heavy (non-hydrogen) atoms. The molecule has 2 heterocycles. The average molecular weight is 237 g/mol. The van der Waals surface area contributed by atoms with Crippen LogP contribution in [0.5, 0.6) is 0 Å². The van der Waals surface area contributed by atoms with E-state index < -0.39 is 5.97 Å². The lowest BCUT2D eigenvalue weighted by atomic mass is 10.5. The van der Waals surface area contributed by atoms with Gasteiger partial charge in [0.1, 0.15) is 12.7 Å². The van der Waals surface area contributed by atoms with Crippen molar-refractivity contribution in [3.8, 4) is 5.69 Å². The highest BCUT2D eigenvalue weighted by molar-refractivity contribution is 7.99. The summed E-state index contributed by atoms with van der Waals surface area (Å²) in [6, 6.07) is 0. The molecule has 0 radical (unpaired) electrons. The Labute approximate surface area is 94.6 Å². The molecule has 0 aliphatic rings. The van der Waals surface area contributed by atoms with E-state index in [1.54, 1.807) is 17.0 Å². The molecule has 0 unspecified atom stereocenters. The second-order valence-electron chi connectivity index (χ2n) is 2.76. The molecule has 7 nitrogen and oxygen atoms in total.